The average Bonchev–Trinajstić information content (AvgIpc) is 3.41. The van der Waals surface area contributed by atoms with E-state index in [1.807, 2.05) is 28.7 Å². The fraction of sp³-hybridized carbons (Fsp3) is 0.708. The van der Waals surface area contributed by atoms with Crippen LogP contribution < -0.4 is 21.7 Å². The van der Waals surface area contributed by atoms with Crippen LogP contribution in [0, 0.1) is 12.8 Å². The summed E-state index contributed by atoms with van der Waals surface area (Å²) < 4.78 is 1.85. The molecule has 5 N–H and O–H groups in total. The highest BCUT2D eigenvalue weighted by atomic mass is 16.2. The number of nitrogens with one attached hydrogen (secondary N) is 1. The molecule has 2 saturated heterocycles. The second-order valence-corrected chi connectivity index (χ2v) is 10.1. The minimum Gasteiger partial charge on any atom is -0.355 e. The van der Waals surface area contributed by atoms with Crippen LogP contribution in [0.5, 0.6) is 0 Å². The highest BCUT2D eigenvalue weighted by Gasteiger charge is 2.34. The summed E-state index contributed by atoms with van der Waals surface area (Å²) >= 11 is 0. The van der Waals surface area contributed by atoms with E-state index in [2.05, 4.69) is 31.0 Å². The van der Waals surface area contributed by atoms with E-state index in [4.69, 9.17) is 21.5 Å². The van der Waals surface area contributed by atoms with Crippen LogP contribution in [-0.2, 0) is 4.79 Å². The summed E-state index contributed by atoms with van der Waals surface area (Å²) in [5.74, 6) is 1.43. The maximum absolute atomic E-state index is 13.5. The number of carbonyl (C=O) groups is 1. The topological polar surface area (TPSA) is 118 Å². The summed E-state index contributed by atoms with van der Waals surface area (Å²) in [7, 11) is 1.85. The molecule has 9 nitrogen and oxygen atoms in total. The van der Waals surface area contributed by atoms with Crippen molar-refractivity contribution in [3.8, 4) is 0 Å². The second-order valence-electron chi connectivity index (χ2n) is 10.1. The third-order valence-electron chi connectivity index (χ3n) is 7.29. The van der Waals surface area contributed by atoms with Gasteiger partial charge in [0.05, 0.1) is 17.8 Å². The number of likely N-dealkylation sites (tertiary alicyclic amines) is 1. The molecule has 2 aromatic rings. The van der Waals surface area contributed by atoms with Gasteiger partial charge < -0.3 is 26.6 Å². The highest BCUT2D eigenvalue weighted by molar-refractivity contribution is 5.82. The summed E-state index contributed by atoms with van der Waals surface area (Å²) in [6.45, 7) is 8.78. The standard InChI is InChI=1S/C24H40N8O/c1-15(2)18(26)11-20(27-4)24(33)31-9-6-5-7-21(31)19-12-22-28-23(16(3)13-32(22)29-19)30-10-8-17(25)14-30/h12-13,15,17-18,20-21,27H,5-11,14,25-26H2,1-4H3/t17-,18?,20?,21-/m0/s1. The van der Waals surface area contributed by atoms with Crippen molar-refractivity contribution in [1.29, 1.82) is 0 Å². The molecule has 2 aliphatic rings. The van der Waals surface area contributed by atoms with Gasteiger partial charge in [0.25, 0.3) is 0 Å². The number of hydrogen-bond donors (Lipinski definition) is 3. The van der Waals surface area contributed by atoms with Crippen LogP contribution in [0.4, 0.5) is 5.82 Å². The minimum atomic E-state index is -0.286. The number of nitrogens with zero attached hydrogens (tertiary/aromatic N) is 5. The highest BCUT2D eigenvalue weighted by Crippen LogP contribution is 2.32. The SMILES string of the molecule is CNC(CC(N)C(C)C)C(=O)N1CCCC[C@H]1c1cc2nc(N3CC[C@H](N)C3)c(C)cn2n1. The third kappa shape index (κ3) is 5.00. The van der Waals surface area contributed by atoms with Gasteiger partial charge in [-0.05, 0) is 52.0 Å². The maximum atomic E-state index is 13.5. The summed E-state index contributed by atoms with van der Waals surface area (Å²) in [5, 5.41) is 8.07. The van der Waals surface area contributed by atoms with Crippen molar-refractivity contribution >= 4 is 17.4 Å². The Bertz CT molecular complexity index is 973. The Morgan fingerprint density at radius 1 is 1.27 bits per heavy atom. The van der Waals surface area contributed by atoms with Crippen molar-refractivity contribution in [2.75, 3.05) is 31.6 Å². The molecular weight excluding hydrogens is 416 g/mol. The summed E-state index contributed by atoms with van der Waals surface area (Å²) in [4.78, 5) is 22.7. The van der Waals surface area contributed by atoms with Gasteiger partial charge in [-0.1, -0.05) is 13.8 Å². The summed E-state index contributed by atoms with van der Waals surface area (Å²) in [5.41, 5.74) is 15.2. The van der Waals surface area contributed by atoms with Crippen LogP contribution in [0.3, 0.4) is 0 Å². The summed E-state index contributed by atoms with van der Waals surface area (Å²) in [6.07, 6.45) is 6.67. The molecule has 0 bridgehead atoms. The van der Waals surface area contributed by atoms with Gasteiger partial charge in [0, 0.05) is 49.5 Å². The number of rotatable bonds is 7. The quantitative estimate of drug-likeness (QED) is 0.579. The zero-order valence-corrected chi connectivity index (χ0v) is 20.5. The molecule has 0 aliphatic carbocycles. The largest absolute Gasteiger partial charge is 0.355 e. The van der Waals surface area contributed by atoms with E-state index < -0.39 is 0 Å². The zero-order chi connectivity index (χ0) is 23.7. The average molecular weight is 457 g/mol. The number of nitrogens with two attached hydrogens (primary N) is 2. The van der Waals surface area contributed by atoms with Crippen LogP contribution in [0.25, 0.3) is 5.65 Å². The molecule has 182 valence electrons. The van der Waals surface area contributed by atoms with Gasteiger partial charge in [-0.3, -0.25) is 4.79 Å². The first-order valence-electron chi connectivity index (χ1n) is 12.4. The van der Waals surface area contributed by atoms with E-state index in [0.717, 1.165) is 68.0 Å². The number of amides is 1. The zero-order valence-electron chi connectivity index (χ0n) is 20.5. The first-order chi connectivity index (χ1) is 15.8. The third-order valence-corrected chi connectivity index (χ3v) is 7.29. The van der Waals surface area contributed by atoms with Crippen LogP contribution in [0.15, 0.2) is 12.3 Å². The number of aromatic nitrogens is 3. The number of fused-ring (bicyclic) bond motifs is 1. The Morgan fingerprint density at radius 2 is 2.06 bits per heavy atom. The molecule has 0 spiro atoms. The number of hydrogen-bond acceptors (Lipinski definition) is 7. The Hall–Kier alpha value is -2.23. The monoisotopic (exact) mass is 456 g/mol. The lowest BCUT2D eigenvalue weighted by atomic mass is 9.94. The fourth-order valence-electron chi connectivity index (χ4n) is 5.07. The molecule has 2 unspecified atom stereocenters. The number of piperidine rings is 1. The van der Waals surface area contributed by atoms with Crippen molar-refractivity contribution < 1.29 is 4.79 Å². The molecule has 33 heavy (non-hydrogen) atoms. The van der Waals surface area contributed by atoms with Crippen molar-refractivity contribution in [3.05, 3.63) is 23.5 Å². The Balaban J connectivity index is 1.59. The molecule has 2 fully saturated rings. The Kier molecular flexibility index (Phi) is 7.21. The van der Waals surface area contributed by atoms with Crippen LogP contribution in [-0.4, -0.2) is 70.2 Å². The molecule has 2 aliphatic heterocycles. The smallest absolute Gasteiger partial charge is 0.240 e. The first-order valence-corrected chi connectivity index (χ1v) is 12.4. The van der Waals surface area contributed by atoms with Crippen LogP contribution in [0.2, 0.25) is 0 Å². The predicted octanol–water partition coefficient (Wildman–Crippen LogP) is 1.59. The lowest BCUT2D eigenvalue weighted by Gasteiger charge is -2.37. The number of likely N-dealkylation sites (N-methyl/N-ethyl adjacent to an activating group) is 1. The lowest BCUT2D eigenvalue weighted by Crippen LogP contribution is -2.51. The van der Waals surface area contributed by atoms with Crippen LogP contribution in [0.1, 0.15) is 63.3 Å². The van der Waals surface area contributed by atoms with Crippen molar-refractivity contribution in [2.45, 2.75) is 77.0 Å². The number of anilines is 1. The van der Waals surface area contributed by atoms with Gasteiger partial charge in [0.15, 0.2) is 5.65 Å². The van der Waals surface area contributed by atoms with Gasteiger partial charge in [0.1, 0.15) is 5.82 Å². The predicted molar refractivity (Wildman–Crippen MR) is 131 cm³/mol. The van der Waals surface area contributed by atoms with Gasteiger partial charge >= 0.3 is 0 Å². The maximum Gasteiger partial charge on any atom is 0.240 e. The summed E-state index contributed by atoms with van der Waals surface area (Å²) in [6, 6.07) is 1.90. The van der Waals surface area contributed by atoms with E-state index in [0.29, 0.717) is 12.3 Å². The first kappa shape index (κ1) is 23.9. The molecular formula is C24H40N8O. The van der Waals surface area contributed by atoms with Gasteiger partial charge in [-0.25, -0.2) is 9.50 Å². The van der Waals surface area contributed by atoms with Gasteiger partial charge in [-0.15, -0.1) is 0 Å². The van der Waals surface area contributed by atoms with E-state index in [1.54, 1.807) is 0 Å². The molecule has 4 atom stereocenters. The van der Waals surface area contributed by atoms with E-state index in [1.165, 1.54) is 0 Å². The molecule has 1 amide bonds. The molecule has 0 aromatic carbocycles. The van der Waals surface area contributed by atoms with Crippen molar-refractivity contribution in [3.63, 3.8) is 0 Å². The molecule has 0 radical (unpaired) electrons. The van der Waals surface area contributed by atoms with Gasteiger partial charge in [-0.2, -0.15) is 5.10 Å². The molecule has 4 rings (SSSR count). The second kappa shape index (κ2) is 9.95. The Labute approximate surface area is 196 Å². The van der Waals surface area contributed by atoms with Gasteiger partial charge in [0.2, 0.25) is 5.91 Å². The van der Waals surface area contributed by atoms with E-state index in [9.17, 15) is 4.79 Å². The van der Waals surface area contributed by atoms with E-state index in [-0.39, 0.29) is 30.1 Å². The molecule has 0 saturated carbocycles. The van der Waals surface area contributed by atoms with Crippen LogP contribution >= 0.6 is 0 Å². The molecule has 2 aromatic heterocycles. The molecule has 9 heteroatoms. The van der Waals surface area contributed by atoms with E-state index >= 15 is 0 Å². The fourth-order valence-corrected chi connectivity index (χ4v) is 5.07. The minimum absolute atomic E-state index is 0.0193. The normalized spacial score (nSPS) is 23.5. The molecule has 4 heterocycles. The number of aryl methyl sites for hydroxylation is 1. The number of carbonyl (C=O) groups excluding carboxylic acids is 1. The lowest BCUT2D eigenvalue weighted by molar-refractivity contribution is -0.137. The van der Waals surface area contributed by atoms with Crippen molar-refractivity contribution in [1.82, 2.24) is 24.8 Å². The Morgan fingerprint density at radius 3 is 2.73 bits per heavy atom. The van der Waals surface area contributed by atoms with Crippen molar-refractivity contribution in [2.24, 2.45) is 17.4 Å².